The zero-order valence-corrected chi connectivity index (χ0v) is 17.1. The van der Waals surface area contributed by atoms with Crippen molar-refractivity contribution in [1.82, 2.24) is 0 Å². The van der Waals surface area contributed by atoms with Crippen molar-refractivity contribution in [3.05, 3.63) is 53.6 Å². The van der Waals surface area contributed by atoms with Gasteiger partial charge in [0.2, 0.25) is 8.32 Å². The average molecular weight is 331 g/mol. The van der Waals surface area contributed by atoms with Gasteiger partial charge in [-0.15, -0.1) is 0 Å². The highest BCUT2D eigenvalue weighted by molar-refractivity contribution is 6.74. The summed E-state index contributed by atoms with van der Waals surface area (Å²) in [7, 11) is -1.82. The molecule has 0 radical (unpaired) electrons. The Balaban J connectivity index is 2.91. The summed E-state index contributed by atoms with van der Waals surface area (Å²) < 4.78 is 6.61. The average Bonchev–Trinajstić information content (AvgIpc) is 2.49. The molecule has 1 rings (SSSR count). The zero-order valence-electron chi connectivity index (χ0n) is 16.1. The molecule has 1 nitrogen and oxygen atoms in total. The molecule has 0 aliphatic carbocycles. The minimum absolute atomic E-state index is 0.211. The van der Waals surface area contributed by atoms with Crippen molar-refractivity contribution < 1.29 is 4.43 Å². The van der Waals surface area contributed by atoms with Crippen molar-refractivity contribution >= 4 is 14.1 Å². The van der Waals surface area contributed by atoms with Crippen LogP contribution in [0.1, 0.15) is 59.4 Å². The first-order valence-corrected chi connectivity index (χ1v) is 11.6. The van der Waals surface area contributed by atoms with Crippen LogP contribution in [0, 0.1) is 0 Å². The van der Waals surface area contributed by atoms with Gasteiger partial charge in [-0.1, -0.05) is 62.8 Å². The lowest BCUT2D eigenvalue weighted by atomic mass is 10.1. The van der Waals surface area contributed by atoms with E-state index in [1.807, 2.05) is 0 Å². The molecular formula is C21H34OSi. The van der Waals surface area contributed by atoms with Crippen LogP contribution in [0.4, 0.5) is 0 Å². The largest absolute Gasteiger partial charge is 0.543 e. The van der Waals surface area contributed by atoms with Crippen LogP contribution in [0.5, 0.6) is 0 Å². The van der Waals surface area contributed by atoms with Gasteiger partial charge in [0, 0.05) is 5.56 Å². The van der Waals surface area contributed by atoms with E-state index in [0.29, 0.717) is 0 Å². The fourth-order valence-electron chi connectivity index (χ4n) is 2.01. The third-order valence-corrected chi connectivity index (χ3v) is 9.17. The van der Waals surface area contributed by atoms with Crippen LogP contribution >= 0.6 is 0 Å². The lowest BCUT2D eigenvalue weighted by molar-refractivity contribution is 0.456. The van der Waals surface area contributed by atoms with Crippen molar-refractivity contribution in [2.24, 2.45) is 0 Å². The lowest BCUT2D eigenvalue weighted by Crippen LogP contribution is -2.40. The second kappa shape index (κ2) is 8.54. The molecule has 0 bridgehead atoms. The van der Waals surface area contributed by atoms with E-state index in [2.05, 4.69) is 90.2 Å². The summed E-state index contributed by atoms with van der Waals surface area (Å²) in [6.45, 7) is 15.8. The van der Waals surface area contributed by atoms with Crippen LogP contribution in [0.15, 0.2) is 48.1 Å². The zero-order chi connectivity index (χ0) is 17.5. The summed E-state index contributed by atoms with van der Waals surface area (Å²) in [6, 6.07) is 10.5. The summed E-state index contributed by atoms with van der Waals surface area (Å²) in [4.78, 5) is 0. The van der Waals surface area contributed by atoms with Gasteiger partial charge in [0.15, 0.2) is 0 Å². The molecule has 0 atom stereocenters. The lowest BCUT2D eigenvalue weighted by Gasteiger charge is -2.37. The van der Waals surface area contributed by atoms with Gasteiger partial charge in [0.05, 0.1) is 0 Å². The molecule has 0 fully saturated rings. The number of unbranched alkanes of at least 4 members (excludes halogenated alkanes) is 1. The number of allylic oxidation sites excluding steroid dienone is 3. The van der Waals surface area contributed by atoms with Crippen molar-refractivity contribution in [2.45, 2.75) is 72.0 Å². The quantitative estimate of drug-likeness (QED) is 0.222. The highest BCUT2D eigenvalue weighted by Crippen LogP contribution is 2.39. The highest BCUT2D eigenvalue weighted by atomic mass is 28.4. The Hall–Kier alpha value is -1.28. The Kier molecular flexibility index (Phi) is 7.33. The van der Waals surface area contributed by atoms with Crippen LogP contribution in [0.25, 0.3) is 5.76 Å². The summed E-state index contributed by atoms with van der Waals surface area (Å²) in [6.07, 6.45) is 7.89. The van der Waals surface area contributed by atoms with E-state index in [-0.39, 0.29) is 5.04 Å². The Labute approximate surface area is 144 Å². The molecule has 0 aromatic heterocycles. The maximum Gasteiger partial charge on any atom is 0.250 e. The fraction of sp³-hybridized carbons (Fsp3) is 0.524. The molecule has 0 spiro atoms. The molecule has 2 heteroatoms. The molecule has 0 heterocycles. The maximum absolute atomic E-state index is 6.61. The second-order valence-corrected chi connectivity index (χ2v) is 12.5. The SMILES string of the molecule is C/C=C(\C)CCC/C=C(\O[Si](C)(C)C(C)(C)C)c1ccccc1. The van der Waals surface area contributed by atoms with E-state index in [4.69, 9.17) is 4.43 Å². The van der Waals surface area contributed by atoms with Gasteiger partial charge >= 0.3 is 0 Å². The van der Waals surface area contributed by atoms with Crippen LogP contribution in [-0.4, -0.2) is 8.32 Å². The normalized spacial score (nSPS) is 14.0. The van der Waals surface area contributed by atoms with Gasteiger partial charge in [-0.2, -0.15) is 0 Å². The second-order valence-electron chi connectivity index (χ2n) is 7.82. The van der Waals surface area contributed by atoms with E-state index >= 15 is 0 Å². The van der Waals surface area contributed by atoms with E-state index < -0.39 is 8.32 Å². The Morgan fingerprint density at radius 2 is 1.74 bits per heavy atom. The fourth-order valence-corrected chi connectivity index (χ4v) is 3.06. The molecule has 23 heavy (non-hydrogen) atoms. The van der Waals surface area contributed by atoms with Gasteiger partial charge in [-0.05, 0) is 57.3 Å². The smallest absolute Gasteiger partial charge is 0.250 e. The monoisotopic (exact) mass is 330 g/mol. The molecule has 0 aliphatic heterocycles. The van der Waals surface area contributed by atoms with Crippen LogP contribution in [0.3, 0.4) is 0 Å². The molecule has 0 N–H and O–H groups in total. The van der Waals surface area contributed by atoms with Crippen molar-refractivity contribution in [2.75, 3.05) is 0 Å². The van der Waals surface area contributed by atoms with Crippen LogP contribution in [0.2, 0.25) is 18.1 Å². The van der Waals surface area contributed by atoms with Crippen molar-refractivity contribution in [1.29, 1.82) is 0 Å². The predicted octanol–water partition coefficient (Wildman–Crippen LogP) is 7.19. The molecule has 0 unspecified atom stereocenters. The predicted molar refractivity (Wildman–Crippen MR) is 106 cm³/mol. The third kappa shape index (κ3) is 6.38. The minimum atomic E-state index is -1.82. The van der Waals surface area contributed by atoms with Gasteiger partial charge in [0.1, 0.15) is 5.76 Å². The van der Waals surface area contributed by atoms with E-state index in [1.54, 1.807) is 0 Å². The first-order chi connectivity index (χ1) is 10.7. The molecule has 0 saturated carbocycles. The van der Waals surface area contributed by atoms with E-state index in [1.165, 1.54) is 17.6 Å². The van der Waals surface area contributed by atoms with Gasteiger partial charge in [-0.3, -0.25) is 0 Å². The first kappa shape index (κ1) is 19.8. The Bertz CT molecular complexity index is 533. The number of benzene rings is 1. The summed E-state index contributed by atoms with van der Waals surface area (Å²) in [5.41, 5.74) is 2.66. The van der Waals surface area contributed by atoms with Gasteiger partial charge < -0.3 is 4.43 Å². The van der Waals surface area contributed by atoms with Gasteiger partial charge in [-0.25, -0.2) is 0 Å². The summed E-state index contributed by atoms with van der Waals surface area (Å²) in [5.74, 6) is 1.07. The van der Waals surface area contributed by atoms with Crippen LogP contribution in [-0.2, 0) is 4.43 Å². The summed E-state index contributed by atoms with van der Waals surface area (Å²) in [5, 5.41) is 0.211. The number of hydrogen-bond acceptors (Lipinski definition) is 1. The number of rotatable bonds is 7. The van der Waals surface area contributed by atoms with Crippen molar-refractivity contribution in [3.63, 3.8) is 0 Å². The number of hydrogen-bond donors (Lipinski definition) is 0. The first-order valence-electron chi connectivity index (χ1n) is 8.74. The molecule has 128 valence electrons. The van der Waals surface area contributed by atoms with Gasteiger partial charge in [0.25, 0.3) is 0 Å². The topological polar surface area (TPSA) is 9.23 Å². The van der Waals surface area contributed by atoms with Crippen molar-refractivity contribution in [3.8, 4) is 0 Å². The Morgan fingerprint density at radius 3 is 2.26 bits per heavy atom. The highest BCUT2D eigenvalue weighted by Gasteiger charge is 2.39. The minimum Gasteiger partial charge on any atom is -0.543 e. The Morgan fingerprint density at radius 1 is 1.13 bits per heavy atom. The van der Waals surface area contributed by atoms with Crippen LogP contribution < -0.4 is 0 Å². The van der Waals surface area contributed by atoms with E-state index in [9.17, 15) is 0 Å². The standard InChI is InChI=1S/C21H34OSi/c1-8-18(2)14-12-13-17-20(19-15-10-9-11-16-19)22-23(6,7)21(3,4)5/h8-11,15-17H,12-14H2,1-7H3/b18-8+,20-17-. The molecule has 1 aromatic carbocycles. The van der Waals surface area contributed by atoms with E-state index in [0.717, 1.165) is 18.6 Å². The third-order valence-electron chi connectivity index (χ3n) is 4.83. The molecular weight excluding hydrogens is 296 g/mol. The molecule has 0 aliphatic rings. The maximum atomic E-state index is 6.61. The molecule has 0 amide bonds. The molecule has 0 saturated heterocycles. The summed E-state index contributed by atoms with van der Waals surface area (Å²) >= 11 is 0. The molecule has 1 aromatic rings.